The second-order valence-corrected chi connectivity index (χ2v) is 6.04. The lowest BCUT2D eigenvalue weighted by Gasteiger charge is -2.35. The first kappa shape index (κ1) is 14.6. The van der Waals surface area contributed by atoms with E-state index in [1.165, 1.54) is 0 Å². The van der Waals surface area contributed by atoms with E-state index >= 15 is 0 Å². The van der Waals surface area contributed by atoms with Gasteiger partial charge in [-0.3, -0.25) is 4.79 Å². The molecule has 1 saturated heterocycles. The van der Waals surface area contributed by atoms with Gasteiger partial charge in [0.05, 0.1) is 12.2 Å². The first-order chi connectivity index (χ1) is 9.04. The predicted molar refractivity (Wildman–Crippen MR) is 81.2 cm³/mol. The molecule has 1 aromatic rings. The van der Waals surface area contributed by atoms with Crippen molar-refractivity contribution >= 4 is 28.5 Å². The molecule has 1 fully saturated rings. The van der Waals surface area contributed by atoms with E-state index in [-0.39, 0.29) is 24.7 Å². The fraction of sp³-hybridized carbons (Fsp3) is 0.500. The summed E-state index contributed by atoms with van der Waals surface area (Å²) in [6.45, 7) is 5.32. The molecular formula is C14H18INO3. The number of amides is 1. The number of hydrogen-bond acceptors (Lipinski definition) is 3. The molecule has 0 spiro atoms. The van der Waals surface area contributed by atoms with E-state index in [1.54, 1.807) is 0 Å². The molecule has 2 unspecified atom stereocenters. The van der Waals surface area contributed by atoms with Crippen LogP contribution >= 0.6 is 22.6 Å². The number of ether oxygens (including phenoxy) is 2. The Morgan fingerprint density at radius 2 is 1.89 bits per heavy atom. The molecule has 1 aromatic carbocycles. The van der Waals surface area contributed by atoms with Crippen LogP contribution in [0.2, 0.25) is 0 Å². The first-order valence-electron chi connectivity index (χ1n) is 6.36. The van der Waals surface area contributed by atoms with Crippen molar-refractivity contribution in [2.75, 3.05) is 19.7 Å². The Morgan fingerprint density at radius 3 is 2.47 bits per heavy atom. The average Bonchev–Trinajstić information content (AvgIpc) is 2.36. The molecule has 4 nitrogen and oxygen atoms in total. The lowest BCUT2D eigenvalue weighted by atomic mass is 10.2. The maximum Gasteiger partial charge on any atom is 0.260 e. The highest BCUT2D eigenvalue weighted by atomic mass is 127. The molecule has 0 radical (unpaired) electrons. The van der Waals surface area contributed by atoms with Crippen LogP contribution in [0, 0.1) is 3.57 Å². The van der Waals surface area contributed by atoms with Gasteiger partial charge in [-0.2, -0.15) is 0 Å². The van der Waals surface area contributed by atoms with Crippen molar-refractivity contribution in [1.82, 2.24) is 4.90 Å². The summed E-state index contributed by atoms with van der Waals surface area (Å²) in [6, 6.07) is 7.66. The zero-order valence-electron chi connectivity index (χ0n) is 11.1. The number of rotatable bonds is 3. The van der Waals surface area contributed by atoms with Crippen LogP contribution in [0.3, 0.4) is 0 Å². The molecular weight excluding hydrogens is 357 g/mol. The van der Waals surface area contributed by atoms with Crippen LogP contribution in [0.1, 0.15) is 13.8 Å². The lowest BCUT2D eigenvalue weighted by molar-refractivity contribution is -0.145. The van der Waals surface area contributed by atoms with Gasteiger partial charge in [0.1, 0.15) is 5.75 Å². The maximum absolute atomic E-state index is 12.1. The van der Waals surface area contributed by atoms with E-state index in [4.69, 9.17) is 9.47 Å². The summed E-state index contributed by atoms with van der Waals surface area (Å²) in [4.78, 5) is 13.9. The van der Waals surface area contributed by atoms with Gasteiger partial charge in [-0.25, -0.2) is 0 Å². The van der Waals surface area contributed by atoms with Gasteiger partial charge in [0.25, 0.3) is 5.91 Å². The van der Waals surface area contributed by atoms with Gasteiger partial charge in [0, 0.05) is 16.7 Å². The monoisotopic (exact) mass is 375 g/mol. The molecule has 0 N–H and O–H groups in total. The average molecular weight is 375 g/mol. The molecule has 0 aliphatic carbocycles. The smallest absolute Gasteiger partial charge is 0.260 e. The van der Waals surface area contributed by atoms with Gasteiger partial charge >= 0.3 is 0 Å². The van der Waals surface area contributed by atoms with Crippen LogP contribution in [0.15, 0.2) is 24.3 Å². The van der Waals surface area contributed by atoms with Crippen LogP contribution in [0.5, 0.6) is 5.75 Å². The highest BCUT2D eigenvalue weighted by molar-refractivity contribution is 14.1. The second-order valence-electron chi connectivity index (χ2n) is 4.80. The zero-order valence-corrected chi connectivity index (χ0v) is 13.3. The van der Waals surface area contributed by atoms with Gasteiger partial charge in [-0.1, -0.05) is 0 Å². The largest absolute Gasteiger partial charge is 0.484 e. The van der Waals surface area contributed by atoms with E-state index < -0.39 is 0 Å². The van der Waals surface area contributed by atoms with E-state index in [2.05, 4.69) is 22.6 Å². The summed E-state index contributed by atoms with van der Waals surface area (Å²) in [5.41, 5.74) is 0. The van der Waals surface area contributed by atoms with E-state index in [0.29, 0.717) is 13.1 Å². The molecule has 2 rings (SSSR count). The fourth-order valence-corrected chi connectivity index (χ4v) is 2.51. The van der Waals surface area contributed by atoms with Crippen molar-refractivity contribution in [3.05, 3.63) is 27.8 Å². The third-order valence-corrected chi connectivity index (χ3v) is 3.67. The SMILES string of the molecule is CC1CN(C(=O)COc2ccc(I)cc2)CC(C)O1. The molecule has 1 aliphatic rings. The van der Waals surface area contributed by atoms with Crippen molar-refractivity contribution in [3.63, 3.8) is 0 Å². The van der Waals surface area contributed by atoms with E-state index in [0.717, 1.165) is 9.32 Å². The van der Waals surface area contributed by atoms with Crippen molar-refractivity contribution in [2.45, 2.75) is 26.1 Å². The minimum absolute atomic E-state index is 0.0144. The number of nitrogens with zero attached hydrogens (tertiary/aromatic N) is 1. The number of halogens is 1. The number of morpholine rings is 1. The molecule has 1 amide bonds. The Labute approximate surface area is 127 Å². The number of carbonyl (C=O) groups excluding carboxylic acids is 1. The summed E-state index contributed by atoms with van der Waals surface area (Å²) in [7, 11) is 0. The lowest BCUT2D eigenvalue weighted by Crippen LogP contribution is -2.49. The standard InChI is InChI=1S/C14H18INO3/c1-10-7-16(8-11(2)19-10)14(17)9-18-13-5-3-12(15)4-6-13/h3-6,10-11H,7-9H2,1-2H3. The minimum atomic E-state index is 0.0144. The van der Waals surface area contributed by atoms with Crippen LogP contribution in [0.4, 0.5) is 0 Å². The fourth-order valence-electron chi connectivity index (χ4n) is 2.15. The third kappa shape index (κ3) is 4.35. The van der Waals surface area contributed by atoms with Crippen molar-refractivity contribution in [3.8, 4) is 5.75 Å². The molecule has 2 atom stereocenters. The van der Waals surface area contributed by atoms with Gasteiger partial charge in [-0.05, 0) is 60.7 Å². The maximum atomic E-state index is 12.1. The summed E-state index contributed by atoms with van der Waals surface area (Å²) in [5, 5.41) is 0. The van der Waals surface area contributed by atoms with Crippen LogP contribution in [-0.4, -0.2) is 42.7 Å². The second kappa shape index (κ2) is 6.56. The Morgan fingerprint density at radius 1 is 1.32 bits per heavy atom. The Kier molecular flexibility index (Phi) is 5.04. The molecule has 1 heterocycles. The van der Waals surface area contributed by atoms with Crippen LogP contribution in [0.25, 0.3) is 0 Å². The molecule has 19 heavy (non-hydrogen) atoms. The molecule has 1 aliphatic heterocycles. The molecule has 0 aromatic heterocycles. The summed E-state index contributed by atoms with van der Waals surface area (Å²) in [6.07, 6.45) is 0.178. The minimum Gasteiger partial charge on any atom is -0.484 e. The molecule has 0 bridgehead atoms. The number of benzene rings is 1. The van der Waals surface area contributed by atoms with E-state index in [1.807, 2.05) is 43.0 Å². The van der Waals surface area contributed by atoms with Gasteiger partial charge in [0.2, 0.25) is 0 Å². The predicted octanol–water partition coefficient (Wildman–Crippen LogP) is 2.31. The van der Waals surface area contributed by atoms with Crippen LogP contribution < -0.4 is 4.74 Å². The molecule has 104 valence electrons. The van der Waals surface area contributed by atoms with Gasteiger partial charge in [-0.15, -0.1) is 0 Å². The van der Waals surface area contributed by atoms with Crippen LogP contribution in [-0.2, 0) is 9.53 Å². The summed E-state index contributed by atoms with van der Waals surface area (Å²) >= 11 is 2.23. The highest BCUT2D eigenvalue weighted by Crippen LogP contribution is 2.14. The number of carbonyl (C=O) groups is 1. The number of hydrogen-bond donors (Lipinski definition) is 0. The molecule has 0 saturated carbocycles. The van der Waals surface area contributed by atoms with Gasteiger partial charge in [0.15, 0.2) is 6.61 Å². The normalized spacial score (nSPS) is 23.2. The molecule has 5 heteroatoms. The van der Waals surface area contributed by atoms with E-state index in [9.17, 15) is 4.79 Å². The third-order valence-electron chi connectivity index (χ3n) is 2.95. The van der Waals surface area contributed by atoms with Crippen molar-refractivity contribution < 1.29 is 14.3 Å². The first-order valence-corrected chi connectivity index (χ1v) is 7.44. The Balaban J connectivity index is 1.85. The summed E-state index contributed by atoms with van der Waals surface area (Å²) in [5.74, 6) is 0.740. The summed E-state index contributed by atoms with van der Waals surface area (Å²) < 4.78 is 12.3. The Bertz CT molecular complexity index is 425. The van der Waals surface area contributed by atoms with Crippen molar-refractivity contribution in [1.29, 1.82) is 0 Å². The zero-order chi connectivity index (χ0) is 13.8. The van der Waals surface area contributed by atoms with Crippen molar-refractivity contribution in [2.24, 2.45) is 0 Å². The Hall–Kier alpha value is -0.820. The quantitative estimate of drug-likeness (QED) is 0.762. The highest BCUT2D eigenvalue weighted by Gasteiger charge is 2.25. The topological polar surface area (TPSA) is 38.8 Å². The van der Waals surface area contributed by atoms with Gasteiger partial charge < -0.3 is 14.4 Å².